The molecule has 3 aromatic carbocycles. The van der Waals surface area contributed by atoms with E-state index in [2.05, 4.69) is 15.0 Å². The van der Waals surface area contributed by atoms with Crippen LogP contribution < -0.4 is 19.1 Å². The van der Waals surface area contributed by atoms with Crippen LogP contribution in [-0.2, 0) is 24.8 Å². The highest BCUT2D eigenvalue weighted by Crippen LogP contribution is 2.26. The molecule has 0 radical (unpaired) electrons. The smallest absolute Gasteiger partial charge is 0.264 e. The van der Waals surface area contributed by atoms with Crippen molar-refractivity contribution < 1.29 is 26.4 Å². The van der Waals surface area contributed by atoms with Crippen molar-refractivity contribution in [3.63, 3.8) is 0 Å². The third-order valence-electron chi connectivity index (χ3n) is 5.68. The number of nitrogens with zero attached hydrogens (tertiary/aromatic N) is 2. The minimum absolute atomic E-state index is 0.000654. The molecule has 0 fully saturated rings. The second kappa shape index (κ2) is 12.2. The molecule has 208 valence electrons. The first-order chi connectivity index (χ1) is 19.1. The lowest BCUT2D eigenvalue weighted by Crippen LogP contribution is -2.38. The lowest BCUT2D eigenvalue weighted by Gasteiger charge is -2.24. The van der Waals surface area contributed by atoms with Crippen LogP contribution in [0.15, 0.2) is 107 Å². The SMILES string of the molecule is CCOc1ccc(S(=O)(=O)N(CC(=O)Nc2ccc(S(=O)(=O)Nc3ccccn3)cc2)c2ccc(C)cc2)cc1. The first-order valence-corrected chi connectivity index (χ1v) is 15.2. The second-order valence-corrected chi connectivity index (χ2v) is 12.2. The molecule has 12 heteroatoms. The van der Waals surface area contributed by atoms with E-state index in [1.165, 1.54) is 48.7 Å². The molecule has 0 saturated carbocycles. The zero-order valence-corrected chi connectivity index (χ0v) is 23.4. The number of aromatic nitrogens is 1. The van der Waals surface area contributed by atoms with Gasteiger partial charge in [-0.25, -0.2) is 21.8 Å². The van der Waals surface area contributed by atoms with Crippen LogP contribution in [0.2, 0.25) is 0 Å². The predicted molar refractivity (Wildman–Crippen MR) is 153 cm³/mol. The average molecular weight is 581 g/mol. The minimum atomic E-state index is -4.12. The van der Waals surface area contributed by atoms with Gasteiger partial charge in [-0.15, -0.1) is 0 Å². The van der Waals surface area contributed by atoms with Crippen LogP contribution in [0.1, 0.15) is 12.5 Å². The molecule has 0 saturated heterocycles. The summed E-state index contributed by atoms with van der Waals surface area (Å²) in [6.07, 6.45) is 1.46. The number of anilines is 3. The number of pyridine rings is 1. The fourth-order valence-electron chi connectivity index (χ4n) is 3.70. The summed E-state index contributed by atoms with van der Waals surface area (Å²) in [6.45, 7) is 3.63. The van der Waals surface area contributed by atoms with Crippen LogP contribution in [0.4, 0.5) is 17.2 Å². The molecule has 40 heavy (non-hydrogen) atoms. The number of benzene rings is 3. The largest absolute Gasteiger partial charge is 0.494 e. The molecule has 0 aliphatic rings. The Labute approximate surface area is 233 Å². The van der Waals surface area contributed by atoms with Gasteiger partial charge in [0.15, 0.2) is 0 Å². The maximum atomic E-state index is 13.6. The topological polar surface area (TPSA) is 135 Å². The Hall–Kier alpha value is -4.42. The van der Waals surface area contributed by atoms with Crippen LogP contribution in [0, 0.1) is 6.92 Å². The molecule has 0 aliphatic carbocycles. The summed E-state index contributed by atoms with van der Waals surface area (Å²) >= 11 is 0. The molecule has 4 rings (SSSR count). The van der Waals surface area contributed by atoms with Crippen molar-refractivity contribution in [1.82, 2.24) is 4.98 Å². The van der Waals surface area contributed by atoms with Crippen LogP contribution in [0.5, 0.6) is 5.75 Å². The molecule has 2 N–H and O–H groups in total. The normalized spacial score (nSPS) is 11.4. The molecule has 4 aromatic rings. The van der Waals surface area contributed by atoms with Crippen molar-refractivity contribution in [3.8, 4) is 5.75 Å². The van der Waals surface area contributed by atoms with Gasteiger partial charge in [0.2, 0.25) is 5.91 Å². The summed E-state index contributed by atoms with van der Waals surface area (Å²) in [5, 5.41) is 2.64. The number of rotatable bonds is 11. The first-order valence-electron chi connectivity index (χ1n) is 12.2. The van der Waals surface area contributed by atoms with E-state index < -0.39 is 32.5 Å². The Kier molecular flexibility index (Phi) is 8.70. The molecule has 0 bridgehead atoms. The fraction of sp³-hybridized carbons (Fsp3) is 0.143. The van der Waals surface area contributed by atoms with E-state index in [0.29, 0.717) is 23.7 Å². The molecule has 1 amide bonds. The number of carbonyl (C=O) groups is 1. The molecule has 0 atom stereocenters. The lowest BCUT2D eigenvalue weighted by atomic mass is 10.2. The zero-order valence-electron chi connectivity index (χ0n) is 21.8. The monoisotopic (exact) mass is 580 g/mol. The average Bonchev–Trinajstić information content (AvgIpc) is 2.93. The van der Waals surface area contributed by atoms with Crippen molar-refractivity contribution in [2.24, 2.45) is 0 Å². The third-order valence-corrected chi connectivity index (χ3v) is 8.84. The van der Waals surface area contributed by atoms with Crippen molar-refractivity contribution in [2.45, 2.75) is 23.6 Å². The second-order valence-electron chi connectivity index (χ2n) is 8.64. The van der Waals surface area contributed by atoms with Gasteiger partial charge in [0.1, 0.15) is 18.1 Å². The molecule has 0 unspecified atom stereocenters. The van der Waals surface area contributed by atoms with Crippen molar-refractivity contribution in [2.75, 3.05) is 27.5 Å². The van der Waals surface area contributed by atoms with E-state index in [-0.39, 0.29) is 15.6 Å². The van der Waals surface area contributed by atoms with Gasteiger partial charge in [-0.05, 0) is 86.6 Å². The van der Waals surface area contributed by atoms with E-state index >= 15 is 0 Å². The zero-order chi connectivity index (χ0) is 28.8. The molecule has 0 spiro atoms. The third kappa shape index (κ3) is 6.96. The maximum absolute atomic E-state index is 13.6. The predicted octanol–water partition coefficient (Wildman–Crippen LogP) is 4.42. The molecule has 10 nitrogen and oxygen atoms in total. The summed E-state index contributed by atoms with van der Waals surface area (Å²) in [4.78, 5) is 16.9. The van der Waals surface area contributed by atoms with Crippen LogP contribution in [-0.4, -0.2) is 40.9 Å². The highest BCUT2D eigenvalue weighted by atomic mass is 32.2. The summed E-state index contributed by atoms with van der Waals surface area (Å²) in [7, 11) is -8.01. The van der Waals surface area contributed by atoms with Gasteiger partial charge in [0.25, 0.3) is 20.0 Å². The molecule has 1 heterocycles. The number of ether oxygens (including phenoxy) is 1. The number of carbonyl (C=O) groups excluding carboxylic acids is 1. The summed E-state index contributed by atoms with van der Waals surface area (Å²) in [5.74, 6) is 0.0869. The van der Waals surface area contributed by atoms with Crippen molar-refractivity contribution in [3.05, 3.63) is 103 Å². The highest BCUT2D eigenvalue weighted by Gasteiger charge is 2.27. The summed E-state index contributed by atoms with van der Waals surface area (Å²) < 4.78 is 61.3. The van der Waals surface area contributed by atoms with Gasteiger partial charge < -0.3 is 10.1 Å². The summed E-state index contributed by atoms with van der Waals surface area (Å²) in [6, 6.07) is 23.1. The Morgan fingerprint density at radius 3 is 2.10 bits per heavy atom. The van der Waals surface area contributed by atoms with Gasteiger partial charge in [-0.1, -0.05) is 23.8 Å². The molecular weight excluding hydrogens is 552 g/mol. The van der Waals surface area contributed by atoms with Crippen molar-refractivity contribution >= 4 is 43.1 Å². The van der Waals surface area contributed by atoms with Crippen LogP contribution in [0.25, 0.3) is 0 Å². The standard InChI is InChI=1S/C28H28N4O6S2/c1-3-38-24-13-17-26(18-14-24)40(36,37)32(23-11-7-21(2)8-12-23)20-28(33)30-22-9-15-25(16-10-22)39(34,35)31-27-6-4-5-19-29-27/h4-19H,3,20H2,1-2H3,(H,29,31)(H,30,33). The number of hydrogen-bond donors (Lipinski definition) is 2. The molecule has 0 aliphatic heterocycles. The van der Waals surface area contributed by atoms with E-state index in [1.54, 1.807) is 48.5 Å². The maximum Gasteiger partial charge on any atom is 0.264 e. The van der Waals surface area contributed by atoms with Gasteiger partial charge in [0, 0.05) is 11.9 Å². The highest BCUT2D eigenvalue weighted by molar-refractivity contribution is 7.93. The first kappa shape index (κ1) is 28.6. The van der Waals surface area contributed by atoms with Gasteiger partial charge >= 0.3 is 0 Å². The van der Waals surface area contributed by atoms with E-state index in [0.717, 1.165) is 9.87 Å². The van der Waals surface area contributed by atoms with Crippen LogP contribution >= 0.6 is 0 Å². The number of amides is 1. The Morgan fingerprint density at radius 1 is 0.850 bits per heavy atom. The van der Waals surface area contributed by atoms with E-state index in [1.807, 2.05) is 13.8 Å². The van der Waals surface area contributed by atoms with Gasteiger partial charge in [-0.2, -0.15) is 0 Å². The molecular formula is C28H28N4O6S2. The number of nitrogens with one attached hydrogen (secondary N) is 2. The fourth-order valence-corrected chi connectivity index (χ4v) is 6.13. The Bertz CT molecular complexity index is 1660. The number of sulfonamides is 2. The number of aryl methyl sites for hydroxylation is 1. The Morgan fingerprint density at radius 2 is 1.50 bits per heavy atom. The minimum Gasteiger partial charge on any atom is -0.494 e. The summed E-state index contributed by atoms with van der Waals surface area (Å²) in [5.41, 5.74) is 1.54. The molecule has 1 aromatic heterocycles. The van der Waals surface area contributed by atoms with Crippen LogP contribution in [0.3, 0.4) is 0 Å². The Balaban J connectivity index is 1.53. The van der Waals surface area contributed by atoms with Gasteiger partial charge in [-0.3, -0.25) is 13.8 Å². The van der Waals surface area contributed by atoms with Crippen molar-refractivity contribution in [1.29, 1.82) is 0 Å². The lowest BCUT2D eigenvalue weighted by molar-refractivity contribution is -0.114. The van der Waals surface area contributed by atoms with E-state index in [4.69, 9.17) is 4.74 Å². The number of hydrogen-bond acceptors (Lipinski definition) is 7. The van der Waals surface area contributed by atoms with Gasteiger partial charge in [0.05, 0.1) is 22.1 Å². The van der Waals surface area contributed by atoms with E-state index in [9.17, 15) is 21.6 Å². The quantitative estimate of drug-likeness (QED) is 0.268.